The fourth-order valence-electron chi connectivity index (χ4n) is 4.95. The maximum atomic E-state index is 13.7. The predicted molar refractivity (Wildman–Crippen MR) is 196 cm³/mol. The maximum absolute atomic E-state index is 13.7. The maximum Gasteiger partial charge on any atom is 0.272 e. The number of nitrogens with zero attached hydrogens (tertiary/aromatic N) is 1. The van der Waals surface area contributed by atoms with E-state index in [1.54, 1.807) is 42.5 Å². The second-order valence-corrected chi connectivity index (χ2v) is 13.3. The molecule has 5 aromatic carbocycles. The van der Waals surface area contributed by atoms with Crippen molar-refractivity contribution in [2.45, 2.75) is 24.0 Å². The van der Waals surface area contributed by atoms with Gasteiger partial charge in [0.1, 0.15) is 10.9 Å². The van der Waals surface area contributed by atoms with Gasteiger partial charge >= 0.3 is 0 Å². The van der Waals surface area contributed by atoms with Gasteiger partial charge in [-0.15, -0.1) is 11.8 Å². The summed E-state index contributed by atoms with van der Waals surface area (Å²) in [6, 6.07) is 39.3. The van der Waals surface area contributed by atoms with Gasteiger partial charge in [-0.1, -0.05) is 90.2 Å². The minimum absolute atomic E-state index is 0.113. The predicted octanol–water partition coefficient (Wildman–Crippen LogP) is 8.79. The summed E-state index contributed by atoms with van der Waals surface area (Å²) in [4.78, 5) is 45.6. The Bertz CT molecular complexity index is 2110. The van der Waals surface area contributed by atoms with E-state index in [1.165, 1.54) is 23.1 Å². The Morgan fingerprint density at radius 3 is 2.19 bits per heavy atom. The molecular formula is C39H32N4O3S2. The molecule has 0 bridgehead atoms. The molecule has 7 nitrogen and oxygen atoms in total. The van der Waals surface area contributed by atoms with Crippen LogP contribution in [-0.4, -0.2) is 22.7 Å². The first-order chi connectivity index (χ1) is 23.3. The van der Waals surface area contributed by atoms with E-state index in [2.05, 4.69) is 27.0 Å². The average Bonchev–Trinajstić information content (AvgIpc) is 3.50. The zero-order chi connectivity index (χ0) is 33.5. The van der Waals surface area contributed by atoms with Crippen molar-refractivity contribution in [3.05, 3.63) is 161 Å². The molecule has 0 saturated heterocycles. The van der Waals surface area contributed by atoms with Crippen molar-refractivity contribution in [2.75, 3.05) is 10.6 Å². The largest absolute Gasteiger partial charge is 0.321 e. The second kappa shape index (κ2) is 14.9. The van der Waals surface area contributed by atoms with Crippen molar-refractivity contribution >= 4 is 67.9 Å². The van der Waals surface area contributed by atoms with Gasteiger partial charge in [-0.05, 0) is 90.7 Å². The lowest BCUT2D eigenvalue weighted by atomic mass is 10.1. The molecule has 1 unspecified atom stereocenters. The minimum atomic E-state index is -0.544. The Morgan fingerprint density at radius 2 is 1.46 bits per heavy atom. The van der Waals surface area contributed by atoms with Gasteiger partial charge in [0.15, 0.2) is 5.13 Å². The molecular weight excluding hydrogens is 637 g/mol. The molecule has 9 heteroatoms. The van der Waals surface area contributed by atoms with Gasteiger partial charge in [0.2, 0.25) is 5.91 Å². The quantitative estimate of drug-likeness (QED) is 0.100. The van der Waals surface area contributed by atoms with Crippen LogP contribution in [0, 0.1) is 13.8 Å². The highest BCUT2D eigenvalue weighted by Gasteiger charge is 2.24. The number of thioether (sulfide) groups is 1. The van der Waals surface area contributed by atoms with Crippen LogP contribution in [0.2, 0.25) is 0 Å². The second-order valence-electron chi connectivity index (χ2n) is 11.1. The van der Waals surface area contributed by atoms with E-state index < -0.39 is 11.2 Å². The average molecular weight is 669 g/mol. The Hall–Kier alpha value is -5.51. The molecule has 0 aliphatic carbocycles. The van der Waals surface area contributed by atoms with Gasteiger partial charge in [0.25, 0.3) is 11.8 Å². The summed E-state index contributed by atoms with van der Waals surface area (Å²) in [6.45, 7) is 3.97. The van der Waals surface area contributed by atoms with Crippen molar-refractivity contribution < 1.29 is 14.4 Å². The van der Waals surface area contributed by atoms with Crippen LogP contribution < -0.4 is 16.0 Å². The summed E-state index contributed by atoms with van der Waals surface area (Å²) >= 11 is 2.85. The number of amides is 3. The minimum Gasteiger partial charge on any atom is -0.321 e. The van der Waals surface area contributed by atoms with E-state index in [1.807, 2.05) is 98.8 Å². The summed E-state index contributed by atoms with van der Waals surface area (Å²) in [6.07, 6.45) is 1.67. The molecule has 0 spiro atoms. The Balaban J connectivity index is 1.19. The van der Waals surface area contributed by atoms with Crippen molar-refractivity contribution in [3.8, 4) is 0 Å². The monoisotopic (exact) mass is 668 g/mol. The molecule has 0 radical (unpaired) electrons. The number of anilines is 2. The van der Waals surface area contributed by atoms with Crippen molar-refractivity contribution in [1.82, 2.24) is 10.3 Å². The van der Waals surface area contributed by atoms with Gasteiger partial charge in [-0.25, -0.2) is 4.98 Å². The Kier molecular flexibility index (Phi) is 10.1. The lowest BCUT2D eigenvalue weighted by molar-refractivity contribution is -0.116. The topological polar surface area (TPSA) is 100 Å². The SMILES string of the molecule is Cc1ccc2nc(NC(=O)C(Sc3ccc(NC(=O)/C(=C/c4ccccc4C)NC(=O)c4ccccc4)cc3)c3ccccc3)sc2c1. The van der Waals surface area contributed by atoms with Gasteiger partial charge in [-0.3, -0.25) is 14.4 Å². The smallest absolute Gasteiger partial charge is 0.272 e. The number of hydrogen-bond donors (Lipinski definition) is 3. The summed E-state index contributed by atoms with van der Waals surface area (Å²) in [5, 5.41) is 8.72. The molecule has 6 aromatic rings. The molecule has 1 heterocycles. The normalized spacial score (nSPS) is 11.9. The number of aryl methyl sites for hydroxylation is 2. The number of hydrogen-bond acceptors (Lipinski definition) is 6. The molecule has 0 aliphatic rings. The van der Waals surface area contributed by atoms with E-state index in [9.17, 15) is 14.4 Å². The van der Waals surface area contributed by atoms with E-state index in [0.29, 0.717) is 16.4 Å². The highest BCUT2D eigenvalue weighted by Crippen LogP contribution is 2.37. The first-order valence-corrected chi connectivity index (χ1v) is 17.0. The number of carbonyl (C=O) groups is 3. The lowest BCUT2D eigenvalue weighted by Gasteiger charge is -2.17. The molecule has 48 heavy (non-hydrogen) atoms. The molecule has 3 amide bonds. The first kappa shape index (κ1) is 32.4. The number of benzene rings is 5. The highest BCUT2D eigenvalue weighted by molar-refractivity contribution is 8.00. The molecule has 0 aliphatic heterocycles. The van der Waals surface area contributed by atoms with Crippen LogP contribution >= 0.6 is 23.1 Å². The summed E-state index contributed by atoms with van der Waals surface area (Å²) in [7, 11) is 0. The third kappa shape index (κ3) is 8.06. The van der Waals surface area contributed by atoms with E-state index in [-0.39, 0.29) is 17.5 Å². The van der Waals surface area contributed by atoms with Gasteiger partial charge in [-0.2, -0.15) is 0 Å². The van der Waals surface area contributed by atoms with Crippen LogP contribution in [0.5, 0.6) is 0 Å². The van der Waals surface area contributed by atoms with Crippen LogP contribution in [-0.2, 0) is 9.59 Å². The van der Waals surface area contributed by atoms with Gasteiger partial charge in [0.05, 0.1) is 10.2 Å². The lowest BCUT2D eigenvalue weighted by Crippen LogP contribution is -2.30. The molecule has 3 N–H and O–H groups in total. The number of nitrogens with one attached hydrogen (secondary N) is 3. The molecule has 238 valence electrons. The number of aromatic nitrogens is 1. The van der Waals surface area contributed by atoms with Gasteiger partial charge < -0.3 is 16.0 Å². The van der Waals surface area contributed by atoms with Gasteiger partial charge in [0, 0.05) is 16.1 Å². The fourth-order valence-corrected chi connectivity index (χ4v) is 6.95. The molecule has 1 atom stereocenters. The van der Waals surface area contributed by atoms with Crippen molar-refractivity contribution in [1.29, 1.82) is 0 Å². The number of thiazole rings is 1. The van der Waals surface area contributed by atoms with E-state index in [4.69, 9.17) is 0 Å². The number of fused-ring (bicyclic) bond motifs is 1. The molecule has 0 saturated carbocycles. The Morgan fingerprint density at radius 1 is 0.771 bits per heavy atom. The molecule has 0 fully saturated rings. The van der Waals surface area contributed by atoms with Crippen LogP contribution in [0.3, 0.4) is 0 Å². The first-order valence-electron chi connectivity index (χ1n) is 15.3. The zero-order valence-electron chi connectivity index (χ0n) is 26.3. The number of carbonyl (C=O) groups excluding carboxylic acids is 3. The molecule has 1 aromatic heterocycles. The van der Waals surface area contributed by atoms with Crippen LogP contribution in [0.1, 0.15) is 37.9 Å². The van der Waals surface area contributed by atoms with Crippen LogP contribution in [0.25, 0.3) is 16.3 Å². The summed E-state index contributed by atoms with van der Waals surface area (Å²) in [5.74, 6) is -1.03. The number of rotatable bonds is 10. The van der Waals surface area contributed by atoms with Crippen molar-refractivity contribution in [3.63, 3.8) is 0 Å². The summed E-state index contributed by atoms with van der Waals surface area (Å²) in [5.41, 5.74) is 5.71. The van der Waals surface area contributed by atoms with E-state index in [0.717, 1.165) is 37.4 Å². The van der Waals surface area contributed by atoms with Crippen LogP contribution in [0.15, 0.2) is 138 Å². The molecule has 6 rings (SSSR count). The standard InChI is InChI=1S/C39H32N4O3S2/c1-25-17-22-32-34(23-25)48-39(42-32)43-38(46)35(27-12-5-3-6-13-27)47-31-20-18-30(19-21-31)40-37(45)33(24-29-16-10-9-11-26(29)2)41-36(44)28-14-7-4-8-15-28/h3-24,35H,1-2H3,(H,40,45)(H,41,44)(H,42,43,46)/b33-24-. The van der Waals surface area contributed by atoms with E-state index >= 15 is 0 Å². The fraction of sp³-hybridized carbons (Fsp3) is 0.0769. The van der Waals surface area contributed by atoms with Crippen molar-refractivity contribution in [2.24, 2.45) is 0 Å². The summed E-state index contributed by atoms with van der Waals surface area (Å²) < 4.78 is 1.02. The highest BCUT2D eigenvalue weighted by atomic mass is 32.2. The third-order valence-electron chi connectivity index (χ3n) is 7.50. The third-order valence-corrected chi connectivity index (χ3v) is 9.70. The van der Waals surface area contributed by atoms with Crippen LogP contribution in [0.4, 0.5) is 10.8 Å². The Labute approximate surface area is 287 Å². The zero-order valence-corrected chi connectivity index (χ0v) is 27.9.